The van der Waals surface area contributed by atoms with Gasteiger partial charge in [0, 0.05) is 24.9 Å². The maximum Gasteiger partial charge on any atom is 0.251 e. The number of methoxy groups -OCH3 is 1. The molecule has 0 fully saturated rings. The molecule has 2 rings (SSSR count). The number of hydrogen-bond donors (Lipinski definition) is 3. The van der Waals surface area contributed by atoms with Crippen LogP contribution in [0.2, 0.25) is 5.02 Å². The highest BCUT2D eigenvalue weighted by Gasteiger charge is 2.08. The lowest BCUT2D eigenvalue weighted by molar-refractivity contribution is -0.114. The Bertz CT molecular complexity index is 737. The van der Waals surface area contributed by atoms with E-state index in [9.17, 15) is 9.59 Å². The zero-order valence-electron chi connectivity index (χ0n) is 13.8. The molecule has 0 aliphatic carbocycles. The molecular weight excluding hydrogens is 342 g/mol. The fourth-order valence-electron chi connectivity index (χ4n) is 2.08. The number of halogens is 1. The van der Waals surface area contributed by atoms with E-state index in [1.165, 1.54) is 0 Å². The van der Waals surface area contributed by atoms with E-state index < -0.39 is 0 Å². The van der Waals surface area contributed by atoms with Crippen molar-refractivity contribution in [3.8, 4) is 0 Å². The van der Waals surface area contributed by atoms with Gasteiger partial charge in [-0.3, -0.25) is 9.59 Å². The Hall–Kier alpha value is -2.57. The molecule has 0 saturated carbocycles. The van der Waals surface area contributed by atoms with Gasteiger partial charge in [-0.25, -0.2) is 0 Å². The number of nitrogens with one attached hydrogen (secondary N) is 3. The Morgan fingerprint density at radius 3 is 2.68 bits per heavy atom. The molecule has 3 N–H and O–H groups in total. The first kappa shape index (κ1) is 18.8. The molecule has 0 unspecified atom stereocenters. The maximum atomic E-state index is 12.0. The van der Waals surface area contributed by atoms with Gasteiger partial charge in [0.15, 0.2) is 0 Å². The van der Waals surface area contributed by atoms with Gasteiger partial charge in [-0.1, -0.05) is 29.8 Å². The van der Waals surface area contributed by atoms with Gasteiger partial charge < -0.3 is 20.7 Å². The van der Waals surface area contributed by atoms with Crippen LogP contribution in [0.4, 0.5) is 11.4 Å². The lowest BCUT2D eigenvalue weighted by atomic mass is 10.2. The van der Waals surface area contributed by atoms with Crippen molar-refractivity contribution in [2.45, 2.75) is 0 Å². The number of carbonyl (C=O) groups excluding carboxylic acids is 2. The van der Waals surface area contributed by atoms with Gasteiger partial charge >= 0.3 is 0 Å². The van der Waals surface area contributed by atoms with Gasteiger partial charge in [0.1, 0.15) is 0 Å². The van der Waals surface area contributed by atoms with Gasteiger partial charge in [-0.2, -0.15) is 0 Å². The number of para-hydroxylation sites is 1. The molecule has 0 aliphatic rings. The fourth-order valence-corrected chi connectivity index (χ4v) is 2.26. The van der Waals surface area contributed by atoms with Gasteiger partial charge in [0.25, 0.3) is 5.91 Å². The molecule has 2 amide bonds. The molecular formula is C18H20ClN3O3. The number of hydrogen-bond acceptors (Lipinski definition) is 4. The van der Waals surface area contributed by atoms with Crippen molar-refractivity contribution in [2.75, 3.05) is 37.4 Å². The van der Waals surface area contributed by atoms with E-state index in [2.05, 4.69) is 16.0 Å². The van der Waals surface area contributed by atoms with Gasteiger partial charge in [-0.15, -0.1) is 0 Å². The van der Waals surface area contributed by atoms with Crippen LogP contribution in [0.1, 0.15) is 10.4 Å². The largest absolute Gasteiger partial charge is 0.383 e. The highest BCUT2D eigenvalue weighted by Crippen LogP contribution is 2.20. The summed E-state index contributed by atoms with van der Waals surface area (Å²) in [5, 5.41) is 8.94. The molecule has 0 aliphatic heterocycles. The Morgan fingerprint density at radius 1 is 1.12 bits per heavy atom. The summed E-state index contributed by atoms with van der Waals surface area (Å²) in [4.78, 5) is 24.0. The topological polar surface area (TPSA) is 79.5 Å². The molecule has 0 spiro atoms. The van der Waals surface area contributed by atoms with Crippen LogP contribution < -0.4 is 16.0 Å². The van der Waals surface area contributed by atoms with Crippen LogP contribution in [-0.4, -0.2) is 38.6 Å². The standard InChI is InChI=1S/C18H20ClN3O3/c1-25-10-9-20-18(24)13-5-4-6-14(11-13)21-12-17(23)22-16-8-3-2-7-15(16)19/h2-8,11,21H,9-10,12H2,1H3,(H,20,24)(H,22,23). The summed E-state index contributed by atoms with van der Waals surface area (Å²) in [7, 11) is 1.57. The molecule has 132 valence electrons. The molecule has 2 aromatic rings. The van der Waals surface area contributed by atoms with Crippen LogP contribution in [0.5, 0.6) is 0 Å². The second kappa shape index (κ2) is 9.66. The van der Waals surface area contributed by atoms with E-state index >= 15 is 0 Å². The van der Waals surface area contributed by atoms with Gasteiger partial charge in [-0.05, 0) is 30.3 Å². The summed E-state index contributed by atoms with van der Waals surface area (Å²) in [5.74, 6) is -0.427. The van der Waals surface area contributed by atoms with E-state index in [-0.39, 0.29) is 18.4 Å². The third-order valence-electron chi connectivity index (χ3n) is 3.32. The highest BCUT2D eigenvalue weighted by atomic mass is 35.5. The number of carbonyl (C=O) groups is 2. The molecule has 0 atom stereocenters. The molecule has 6 nitrogen and oxygen atoms in total. The number of rotatable bonds is 8. The van der Waals surface area contributed by atoms with Crippen molar-refractivity contribution in [3.63, 3.8) is 0 Å². The Balaban J connectivity index is 1.88. The normalized spacial score (nSPS) is 10.2. The van der Waals surface area contributed by atoms with Crippen molar-refractivity contribution < 1.29 is 14.3 Å². The smallest absolute Gasteiger partial charge is 0.251 e. The maximum absolute atomic E-state index is 12.0. The molecule has 0 bridgehead atoms. The van der Waals surface area contributed by atoms with Gasteiger partial charge in [0.05, 0.1) is 23.9 Å². The van der Waals surface area contributed by atoms with Crippen LogP contribution in [0.15, 0.2) is 48.5 Å². The van der Waals surface area contributed by atoms with Crippen molar-refractivity contribution >= 4 is 34.8 Å². The molecule has 7 heteroatoms. The van der Waals surface area contributed by atoms with Crippen LogP contribution >= 0.6 is 11.6 Å². The van der Waals surface area contributed by atoms with Crippen LogP contribution in [0.25, 0.3) is 0 Å². The predicted octanol–water partition coefficient (Wildman–Crippen LogP) is 2.77. The second-order valence-corrected chi connectivity index (χ2v) is 5.62. The lowest BCUT2D eigenvalue weighted by Crippen LogP contribution is -2.27. The summed E-state index contributed by atoms with van der Waals surface area (Å²) in [5.41, 5.74) is 1.74. The van der Waals surface area contributed by atoms with E-state index in [1.54, 1.807) is 55.6 Å². The number of benzene rings is 2. The summed E-state index contributed by atoms with van der Waals surface area (Å²) >= 11 is 6.00. The summed E-state index contributed by atoms with van der Waals surface area (Å²) in [6, 6.07) is 13.9. The third kappa shape index (κ3) is 6.10. The van der Waals surface area contributed by atoms with E-state index in [0.717, 1.165) is 0 Å². The third-order valence-corrected chi connectivity index (χ3v) is 3.65. The van der Waals surface area contributed by atoms with E-state index in [4.69, 9.17) is 16.3 Å². The van der Waals surface area contributed by atoms with Crippen LogP contribution in [0, 0.1) is 0 Å². The minimum Gasteiger partial charge on any atom is -0.383 e. The fraction of sp³-hybridized carbons (Fsp3) is 0.222. The summed E-state index contributed by atoms with van der Waals surface area (Å²) in [6.45, 7) is 0.944. The highest BCUT2D eigenvalue weighted by molar-refractivity contribution is 6.33. The molecule has 25 heavy (non-hydrogen) atoms. The number of ether oxygens (including phenoxy) is 1. The molecule has 0 heterocycles. The van der Waals surface area contributed by atoms with E-state index in [1.807, 2.05) is 0 Å². The van der Waals surface area contributed by atoms with Crippen molar-refractivity contribution in [1.82, 2.24) is 5.32 Å². The van der Waals surface area contributed by atoms with Crippen molar-refractivity contribution in [2.24, 2.45) is 0 Å². The summed E-state index contributed by atoms with van der Waals surface area (Å²) < 4.78 is 4.89. The minimum atomic E-state index is -0.233. The zero-order valence-corrected chi connectivity index (χ0v) is 14.6. The Morgan fingerprint density at radius 2 is 1.92 bits per heavy atom. The second-order valence-electron chi connectivity index (χ2n) is 5.21. The van der Waals surface area contributed by atoms with Crippen molar-refractivity contribution in [3.05, 3.63) is 59.1 Å². The molecule has 2 aromatic carbocycles. The van der Waals surface area contributed by atoms with Crippen LogP contribution in [-0.2, 0) is 9.53 Å². The number of amides is 2. The summed E-state index contributed by atoms with van der Waals surface area (Å²) in [6.07, 6.45) is 0. The first-order valence-electron chi connectivity index (χ1n) is 7.75. The van der Waals surface area contributed by atoms with E-state index in [0.29, 0.717) is 35.1 Å². The Kier molecular flexibility index (Phi) is 7.25. The average molecular weight is 362 g/mol. The lowest BCUT2D eigenvalue weighted by Gasteiger charge is -2.10. The number of anilines is 2. The predicted molar refractivity (Wildman–Crippen MR) is 99.2 cm³/mol. The molecule has 0 saturated heterocycles. The van der Waals surface area contributed by atoms with Crippen molar-refractivity contribution in [1.29, 1.82) is 0 Å². The van der Waals surface area contributed by atoms with Crippen LogP contribution in [0.3, 0.4) is 0 Å². The molecule has 0 radical (unpaired) electrons. The monoisotopic (exact) mass is 361 g/mol. The minimum absolute atomic E-state index is 0.0555. The van der Waals surface area contributed by atoms with Gasteiger partial charge in [0.2, 0.25) is 5.91 Å². The zero-order chi connectivity index (χ0) is 18.1. The average Bonchev–Trinajstić information content (AvgIpc) is 2.62. The SMILES string of the molecule is COCCNC(=O)c1cccc(NCC(=O)Nc2ccccc2Cl)c1. The molecule has 0 aromatic heterocycles. The quantitative estimate of drug-likeness (QED) is 0.632. The first-order valence-corrected chi connectivity index (χ1v) is 8.13. The Labute approximate surface area is 151 Å². The first-order chi connectivity index (χ1) is 12.1.